The van der Waals surface area contributed by atoms with Crippen LogP contribution in [0.15, 0.2) is 42.5 Å². The third-order valence-corrected chi connectivity index (χ3v) is 5.19. The van der Waals surface area contributed by atoms with Crippen molar-refractivity contribution < 1.29 is 36.2 Å². The number of carbonyl (C=O) groups excluding carboxylic acids is 1. The van der Waals surface area contributed by atoms with Gasteiger partial charge in [0.25, 0.3) is 0 Å². The summed E-state index contributed by atoms with van der Waals surface area (Å²) >= 11 is 0. The van der Waals surface area contributed by atoms with Crippen LogP contribution in [0.3, 0.4) is 0 Å². The average Bonchev–Trinajstić information content (AvgIpc) is 2.68. The minimum absolute atomic E-state index is 0.0115. The number of anilines is 1. The van der Waals surface area contributed by atoms with Crippen molar-refractivity contribution in [3.05, 3.63) is 48.0 Å². The lowest BCUT2D eigenvalue weighted by atomic mass is 10.1. The number of sulfonamides is 1. The van der Waals surface area contributed by atoms with Crippen LogP contribution >= 0.6 is 0 Å². The Morgan fingerprint density at radius 2 is 1.72 bits per heavy atom. The highest BCUT2D eigenvalue weighted by Crippen LogP contribution is 2.29. The zero-order valence-corrected chi connectivity index (χ0v) is 18.7. The SMILES string of the molecule is COc1ccc(CCNC(=O)CS(=O)(=O)Nc2ccc(OC(C)C)cc2)cc1OC(F)F. The number of amides is 1. The fourth-order valence-corrected chi connectivity index (χ4v) is 3.74. The van der Waals surface area contributed by atoms with Gasteiger partial charge in [-0.2, -0.15) is 8.78 Å². The van der Waals surface area contributed by atoms with Gasteiger partial charge in [-0.05, 0) is 62.2 Å². The Morgan fingerprint density at radius 1 is 1.03 bits per heavy atom. The first-order chi connectivity index (χ1) is 15.1. The summed E-state index contributed by atoms with van der Waals surface area (Å²) in [6.07, 6.45) is 0.266. The Morgan fingerprint density at radius 3 is 2.31 bits per heavy atom. The molecule has 0 bridgehead atoms. The van der Waals surface area contributed by atoms with E-state index >= 15 is 0 Å². The van der Waals surface area contributed by atoms with Gasteiger partial charge < -0.3 is 19.5 Å². The molecule has 0 radical (unpaired) electrons. The third-order valence-electron chi connectivity index (χ3n) is 4.00. The number of halogens is 2. The van der Waals surface area contributed by atoms with Gasteiger partial charge in [0.05, 0.1) is 13.2 Å². The van der Waals surface area contributed by atoms with E-state index in [1.165, 1.54) is 31.4 Å². The van der Waals surface area contributed by atoms with Gasteiger partial charge >= 0.3 is 6.61 Å². The number of carbonyl (C=O) groups is 1. The lowest BCUT2D eigenvalue weighted by molar-refractivity contribution is -0.118. The van der Waals surface area contributed by atoms with Gasteiger partial charge in [0.2, 0.25) is 15.9 Å². The fraction of sp³-hybridized carbons (Fsp3) is 0.381. The van der Waals surface area contributed by atoms with Crippen molar-refractivity contribution in [3.63, 3.8) is 0 Å². The zero-order valence-electron chi connectivity index (χ0n) is 17.9. The van der Waals surface area contributed by atoms with E-state index < -0.39 is 28.3 Å². The van der Waals surface area contributed by atoms with Crippen LogP contribution < -0.4 is 24.2 Å². The molecule has 0 aliphatic heterocycles. The summed E-state index contributed by atoms with van der Waals surface area (Å²) in [5, 5.41) is 2.49. The van der Waals surface area contributed by atoms with Crippen LogP contribution in [0.5, 0.6) is 17.2 Å². The van der Waals surface area contributed by atoms with E-state index in [1.807, 2.05) is 13.8 Å². The maximum atomic E-state index is 12.5. The van der Waals surface area contributed by atoms with Crippen molar-refractivity contribution >= 4 is 21.6 Å². The summed E-state index contributed by atoms with van der Waals surface area (Å²) in [6.45, 7) is 0.853. The second-order valence-corrected chi connectivity index (χ2v) is 8.74. The molecule has 0 atom stereocenters. The van der Waals surface area contributed by atoms with Gasteiger partial charge in [-0.3, -0.25) is 9.52 Å². The Hall–Kier alpha value is -3.08. The molecule has 2 N–H and O–H groups in total. The maximum Gasteiger partial charge on any atom is 0.387 e. The lowest BCUT2D eigenvalue weighted by Crippen LogP contribution is -2.34. The second-order valence-electron chi connectivity index (χ2n) is 7.02. The normalized spacial score (nSPS) is 11.3. The summed E-state index contributed by atoms with van der Waals surface area (Å²) in [6, 6.07) is 10.8. The summed E-state index contributed by atoms with van der Waals surface area (Å²) in [7, 11) is -2.59. The van der Waals surface area contributed by atoms with Gasteiger partial charge in [0.1, 0.15) is 11.5 Å². The van der Waals surface area contributed by atoms with Crippen LogP contribution in [0, 0.1) is 0 Å². The highest BCUT2D eigenvalue weighted by Gasteiger charge is 2.17. The molecule has 0 aliphatic rings. The van der Waals surface area contributed by atoms with Gasteiger partial charge in [0, 0.05) is 12.2 Å². The fourth-order valence-electron chi connectivity index (χ4n) is 2.72. The number of hydrogen-bond acceptors (Lipinski definition) is 6. The molecule has 0 unspecified atom stereocenters. The van der Waals surface area contributed by atoms with Gasteiger partial charge in [-0.1, -0.05) is 6.07 Å². The van der Waals surface area contributed by atoms with Crippen molar-refractivity contribution in [1.29, 1.82) is 0 Å². The van der Waals surface area contributed by atoms with Crippen LogP contribution in [-0.4, -0.2) is 46.4 Å². The van der Waals surface area contributed by atoms with Crippen LogP contribution in [-0.2, 0) is 21.2 Å². The van der Waals surface area contributed by atoms with Crippen molar-refractivity contribution in [2.45, 2.75) is 33.0 Å². The van der Waals surface area contributed by atoms with E-state index in [2.05, 4.69) is 14.8 Å². The Labute approximate surface area is 185 Å². The minimum atomic E-state index is -3.92. The molecule has 0 saturated carbocycles. The summed E-state index contributed by atoms with van der Waals surface area (Å²) in [5.74, 6) is -0.835. The number of rotatable bonds is 12. The standard InChI is InChI=1S/C21H26F2N2O6S/c1-14(2)30-17-7-5-16(6-8-17)25-32(27,28)13-20(26)24-11-10-15-4-9-18(29-3)19(12-15)31-21(22)23/h4-9,12,14,21,25H,10-11,13H2,1-3H3,(H,24,26). The number of methoxy groups -OCH3 is 1. The molecule has 0 spiro atoms. The second kappa shape index (κ2) is 11.5. The third kappa shape index (κ3) is 8.58. The molecule has 0 aromatic heterocycles. The molecular weight excluding hydrogens is 446 g/mol. The summed E-state index contributed by atoms with van der Waals surface area (Å²) in [5.41, 5.74) is 0.908. The molecule has 0 aliphatic carbocycles. The van der Waals surface area contributed by atoms with Crippen LogP contribution in [0.1, 0.15) is 19.4 Å². The first kappa shape index (κ1) is 25.2. The van der Waals surface area contributed by atoms with Crippen molar-refractivity contribution in [1.82, 2.24) is 5.32 Å². The average molecular weight is 473 g/mol. The van der Waals surface area contributed by atoms with Gasteiger partial charge in [-0.25, -0.2) is 8.42 Å². The first-order valence-electron chi connectivity index (χ1n) is 9.73. The molecule has 2 aromatic carbocycles. The van der Waals surface area contributed by atoms with Crippen molar-refractivity contribution in [2.75, 3.05) is 24.1 Å². The maximum absolute atomic E-state index is 12.5. The van der Waals surface area contributed by atoms with Crippen LogP contribution in [0.4, 0.5) is 14.5 Å². The molecular formula is C21H26F2N2O6S. The molecule has 0 saturated heterocycles. The molecule has 32 heavy (non-hydrogen) atoms. The minimum Gasteiger partial charge on any atom is -0.493 e. The quantitative estimate of drug-likeness (QED) is 0.492. The molecule has 11 heteroatoms. The largest absolute Gasteiger partial charge is 0.493 e. The molecule has 1 amide bonds. The Kier molecular flexibility index (Phi) is 9.06. The lowest BCUT2D eigenvalue weighted by Gasteiger charge is -2.12. The predicted molar refractivity (Wildman–Crippen MR) is 116 cm³/mol. The smallest absolute Gasteiger partial charge is 0.387 e. The first-order valence-corrected chi connectivity index (χ1v) is 11.4. The number of nitrogens with one attached hydrogen (secondary N) is 2. The number of benzene rings is 2. The van der Waals surface area contributed by atoms with E-state index in [1.54, 1.807) is 18.2 Å². The highest BCUT2D eigenvalue weighted by atomic mass is 32.2. The Balaban J connectivity index is 1.85. The predicted octanol–water partition coefficient (Wildman–Crippen LogP) is 3.18. The van der Waals surface area contributed by atoms with E-state index in [0.29, 0.717) is 17.0 Å². The van der Waals surface area contributed by atoms with Gasteiger partial charge in [0.15, 0.2) is 11.5 Å². The molecule has 2 rings (SSSR count). The monoisotopic (exact) mass is 472 g/mol. The Bertz CT molecular complexity index is 998. The van der Waals surface area contributed by atoms with Crippen molar-refractivity contribution in [2.24, 2.45) is 0 Å². The number of alkyl halides is 2. The van der Waals surface area contributed by atoms with E-state index in [0.717, 1.165) is 0 Å². The van der Waals surface area contributed by atoms with E-state index in [9.17, 15) is 22.0 Å². The van der Waals surface area contributed by atoms with Crippen LogP contribution in [0.25, 0.3) is 0 Å². The molecule has 8 nitrogen and oxygen atoms in total. The molecule has 0 heterocycles. The molecule has 2 aromatic rings. The van der Waals surface area contributed by atoms with Crippen molar-refractivity contribution in [3.8, 4) is 17.2 Å². The number of ether oxygens (including phenoxy) is 3. The summed E-state index contributed by atoms with van der Waals surface area (Å²) < 4.78 is 66.6. The molecule has 176 valence electrons. The topological polar surface area (TPSA) is 103 Å². The van der Waals surface area contributed by atoms with E-state index in [4.69, 9.17) is 9.47 Å². The van der Waals surface area contributed by atoms with Gasteiger partial charge in [-0.15, -0.1) is 0 Å². The van der Waals surface area contributed by atoms with E-state index in [-0.39, 0.29) is 30.6 Å². The summed E-state index contributed by atoms with van der Waals surface area (Å²) in [4.78, 5) is 12.0. The zero-order chi connectivity index (χ0) is 23.7. The molecule has 0 fully saturated rings. The van der Waals surface area contributed by atoms with Crippen LogP contribution in [0.2, 0.25) is 0 Å². The number of hydrogen-bond donors (Lipinski definition) is 2. The highest BCUT2D eigenvalue weighted by molar-refractivity contribution is 7.93.